The molecule has 0 spiro atoms. The molecule has 0 aliphatic carbocycles. The number of halogens is 1. The second-order valence-corrected chi connectivity index (χ2v) is 6.12. The Labute approximate surface area is 96.4 Å². The molecule has 0 fully saturated rings. The van der Waals surface area contributed by atoms with Crippen molar-refractivity contribution in [1.82, 2.24) is 0 Å². The van der Waals surface area contributed by atoms with Crippen molar-refractivity contribution in [2.24, 2.45) is 0 Å². The van der Waals surface area contributed by atoms with E-state index in [1.165, 1.54) is 10.9 Å². The van der Waals surface area contributed by atoms with E-state index in [0.29, 0.717) is 0 Å². The summed E-state index contributed by atoms with van der Waals surface area (Å²) < 4.78 is 0. The zero-order valence-electron chi connectivity index (χ0n) is 8.31. The maximum Gasteiger partial charge on any atom is 0.0257 e. The third-order valence-corrected chi connectivity index (χ3v) is 4.65. The second-order valence-electron chi connectivity index (χ2n) is 3.34. The predicted octanol–water partition coefficient (Wildman–Crippen LogP) is 4.15. The van der Waals surface area contributed by atoms with E-state index in [4.69, 9.17) is 11.2 Å². The minimum Gasteiger partial charge on any atom is -0.0908 e. The lowest BCUT2D eigenvalue weighted by atomic mass is 10.2. The molecule has 2 aromatic rings. The van der Waals surface area contributed by atoms with Gasteiger partial charge in [-0.1, -0.05) is 71.9 Å². The van der Waals surface area contributed by atoms with Gasteiger partial charge < -0.3 is 0 Å². The van der Waals surface area contributed by atoms with Crippen molar-refractivity contribution in [2.75, 3.05) is 0 Å². The largest absolute Gasteiger partial charge is 0.0908 e. The normalized spacial score (nSPS) is 12.3. The molecular weight excluding hydrogens is 223 g/mol. The van der Waals surface area contributed by atoms with Crippen LogP contribution in [0.3, 0.4) is 0 Å². The third-order valence-electron chi connectivity index (χ3n) is 2.20. The maximum atomic E-state index is 6.41. The first-order chi connectivity index (χ1) is 7.36. The van der Waals surface area contributed by atoms with E-state index in [0.717, 1.165) is 6.16 Å². The van der Waals surface area contributed by atoms with Crippen molar-refractivity contribution in [3.63, 3.8) is 0 Å². The number of rotatable bonds is 3. The van der Waals surface area contributed by atoms with Crippen LogP contribution in [0.2, 0.25) is 0 Å². The summed E-state index contributed by atoms with van der Waals surface area (Å²) >= 11 is 6.41. The van der Waals surface area contributed by atoms with E-state index in [2.05, 4.69) is 36.4 Å². The molecule has 76 valence electrons. The Balaban J connectivity index is 2.08. The summed E-state index contributed by atoms with van der Waals surface area (Å²) in [6.07, 6.45) is 0.946. The van der Waals surface area contributed by atoms with Gasteiger partial charge in [0, 0.05) is 13.4 Å². The highest BCUT2D eigenvalue weighted by atomic mass is 35.7. The topological polar surface area (TPSA) is 0 Å². The Morgan fingerprint density at radius 1 is 0.800 bits per heavy atom. The Hall–Kier alpha value is -0.840. The molecule has 0 heterocycles. The molecule has 1 atom stereocenters. The zero-order valence-corrected chi connectivity index (χ0v) is 9.96. The van der Waals surface area contributed by atoms with E-state index in [1.54, 1.807) is 0 Å². The zero-order chi connectivity index (χ0) is 10.5. The Morgan fingerprint density at radius 2 is 1.33 bits per heavy atom. The molecule has 0 saturated heterocycles. The van der Waals surface area contributed by atoms with Crippen molar-refractivity contribution in [2.45, 2.75) is 6.16 Å². The van der Waals surface area contributed by atoms with Crippen LogP contribution in [0.5, 0.6) is 0 Å². The molecule has 0 aliphatic heterocycles. The molecule has 0 amide bonds. The number of hydrogen-bond acceptors (Lipinski definition) is 0. The summed E-state index contributed by atoms with van der Waals surface area (Å²) in [5.74, 6) is 0. The van der Waals surface area contributed by atoms with Crippen LogP contribution in [-0.4, -0.2) is 0 Å². The van der Waals surface area contributed by atoms with E-state index in [1.807, 2.05) is 24.3 Å². The molecule has 0 radical (unpaired) electrons. The first-order valence-corrected chi connectivity index (χ1v) is 7.32. The van der Waals surface area contributed by atoms with Gasteiger partial charge in [-0.05, 0) is 10.9 Å². The molecule has 1 unspecified atom stereocenters. The summed E-state index contributed by atoms with van der Waals surface area (Å²) in [7, 11) is -0.580. The first-order valence-electron chi connectivity index (χ1n) is 4.88. The summed E-state index contributed by atoms with van der Waals surface area (Å²) in [6, 6.07) is 20.7. The van der Waals surface area contributed by atoms with Gasteiger partial charge in [-0.3, -0.25) is 0 Å². The van der Waals surface area contributed by atoms with Crippen LogP contribution in [0.1, 0.15) is 5.56 Å². The molecule has 0 saturated carbocycles. The molecule has 0 bridgehead atoms. The van der Waals surface area contributed by atoms with Gasteiger partial charge in [0.25, 0.3) is 0 Å². The SMILES string of the molecule is ClP(Cc1ccccc1)c1ccccc1. The van der Waals surface area contributed by atoms with Gasteiger partial charge in [0.1, 0.15) is 0 Å². The minimum absolute atomic E-state index is 0.580. The quantitative estimate of drug-likeness (QED) is 0.700. The minimum atomic E-state index is -0.580. The molecule has 0 N–H and O–H groups in total. The Morgan fingerprint density at radius 3 is 1.93 bits per heavy atom. The molecule has 0 nitrogen and oxygen atoms in total. The van der Waals surface area contributed by atoms with E-state index in [9.17, 15) is 0 Å². The van der Waals surface area contributed by atoms with E-state index < -0.39 is 7.27 Å². The summed E-state index contributed by atoms with van der Waals surface area (Å²) in [6.45, 7) is 0. The average molecular weight is 235 g/mol. The fraction of sp³-hybridized carbons (Fsp3) is 0.0769. The fourth-order valence-corrected chi connectivity index (χ4v) is 3.39. The molecule has 2 rings (SSSR count). The highest BCUT2D eigenvalue weighted by molar-refractivity contribution is 7.89. The van der Waals surface area contributed by atoms with Gasteiger partial charge in [0.2, 0.25) is 0 Å². The van der Waals surface area contributed by atoms with E-state index in [-0.39, 0.29) is 0 Å². The van der Waals surface area contributed by atoms with Crippen LogP contribution in [-0.2, 0) is 6.16 Å². The fourth-order valence-electron chi connectivity index (χ4n) is 1.42. The molecule has 0 aliphatic rings. The predicted molar refractivity (Wildman–Crippen MR) is 69.0 cm³/mol. The number of benzene rings is 2. The average Bonchev–Trinajstić information content (AvgIpc) is 2.31. The van der Waals surface area contributed by atoms with Crippen molar-refractivity contribution in [3.8, 4) is 0 Å². The van der Waals surface area contributed by atoms with Crippen LogP contribution in [0, 0.1) is 0 Å². The summed E-state index contributed by atoms with van der Waals surface area (Å²) in [5, 5.41) is 1.25. The van der Waals surface area contributed by atoms with Crippen molar-refractivity contribution >= 4 is 23.8 Å². The number of hydrogen-bond donors (Lipinski definition) is 0. The molecule has 2 heteroatoms. The van der Waals surface area contributed by atoms with Gasteiger partial charge in [0.15, 0.2) is 0 Å². The van der Waals surface area contributed by atoms with Gasteiger partial charge in [-0.2, -0.15) is 0 Å². The molecular formula is C13H12ClP. The standard InChI is InChI=1S/C13H12ClP/c14-15(13-9-5-2-6-10-13)11-12-7-3-1-4-8-12/h1-10H,11H2. The Kier molecular flexibility index (Phi) is 3.77. The molecule has 0 aromatic heterocycles. The van der Waals surface area contributed by atoms with Gasteiger partial charge in [0.05, 0.1) is 0 Å². The molecule has 2 aromatic carbocycles. The first kappa shape index (κ1) is 10.7. The summed E-state index contributed by atoms with van der Waals surface area (Å²) in [5.41, 5.74) is 1.31. The monoisotopic (exact) mass is 234 g/mol. The van der Waals surface area contributed by atoms with Crippen molar-refractivity contribution < 1.29 is 0 Å². The van der Waals surface area contributed by atoms with Crippen molar-refractivity contribution in [1.29, 1.82) is 0 Å². The van der Waals surface area contributed by atoms with Gasteiger partial charge in [-0.25, -0.2) is 0 Å². The lowest BCUT2D eigenvalue weighted by Crippen LogP contribution is -1.97. The van der Waals surface area contributed by atoms with Crippen LogP contribution in [0.15, 0.2) is 60.7 Å². The smallest absolute Gasteiger partial charge is 0.0257 e. The highest BCUT2D eigenvalue weighted by Crippen LogP contribution is 2.43. The van der Waals surface area contributed by atoms with Crippen molar-refractivity contribution in [3.05, 3.63) is 66.2 Å². The maximum absolute atomic E-state index is 6.41. The lowest BCUT2D eigenvalue weighted by Gasteiger charge is -2.09. The van der Waals surface area contributed by atoms with Crippen LogP contribution in [0.25, 0.3) is 0 Å². The Bertz CT molecular complexity index is 399. The third kappa shape index (κ3) is 3.06. The van der Waals surface area contributed by atoms with Gasteiger partial charge >= 0.3 is 0 Å². The van der Waals surface area contributed by atoms with E-state index >= 15 is 0 Å². The highest BCUT2D eigenvalue weighted by Gasteiger charge is 2.07. The second kappa shape index (κ2) is 5.30. The van der Waals surface area contributed by atoms with Gasteiger partial charge in [-0.15, -0.1) is 0 Å². The van der Waals surface area contributed by atoms with Crippen LogP contribution in [0.4, 0.5) is 0 Å². The van der Waals surface area contributed by atoms with Crippen LogP contribution >= 0.6 is 18.5 Å². The summed E-state index contributed by atoms with van der Waals surface area (Å²) in [4.78, 5) is 0. The molecule has 15 heavy (non-hydrogen) atoms. The lowest BCUT2D eigenvalue weighted by molar-refractivity contribution is 1.41. The van der Waals surface area contributed by atoms with Crippen LogP contribution < -0.4 is 5.30 Å².